The van der Waals surface area contributed by atoms with Gasteiger partial charge in [-0.2, -0.15) is 4.98 Å². The number of amides is 2. The van der Waals surface area contributed by atoms with Gasteiger partial charge < -0.3 is 26.0 Å². The van der Waals surface area contributed by atoms with Crippen LogP contribution in [0.15, 0.2) is 6.33 Å². The van der Waals surface area contributed by atoms with Crippen molar-refractivity contribution in [2.75, 3.05) is 44.8 Å². The zero-order valence-corrected chi connectivity index (χ0v) is 12.1. The molecule has 0 atom stereocenters. The van der Waals surface area contributed by atoms with Crippen LogP contribution in [0.25, 0.3) is 0 Å². The molecule has 4 N–H and O–H groups in total. The van der Waals surface area contributed by atoms with Gasteiger partial charge in [0.15, 0.2) is 5.82 Å². The lowest BCUT2D eigenvalue weighted by Crippen LogP contribution is -2.37. The molecule has 0 radical (unpaired) electrons. The number of aromatic nitrogens is 2. The Morgan fingerprint density at radius 3 is 2.80 bits per heavy atom. The van der Waals surface area contributed by atoms with Crippen molar-refractivity contribution in [3.05, 3.63) is 6.33 Å². The standard InChI is InChI=1S/C12H22N6O2/c1-4-7-20-11-9(13)10(16-8-17-11)14-5-6-15-12(19)18(2)3/h8H,4-7,13H2,1-3H3,(H,15,19)(H,14,16,17). The number of carbonyl (C=O) groups is 1. The lowest BCUT2D eigenvalue weighted by atomic mass is 10.4. The van der Waals surface area contributed by atoms with E-state index < -0.39 is 0 Å². The fourth-order valence-corrected chi connectivity index (χ4v) is 1.34. The van der Waals surface area contributed by atoms with Crippen LogP contribution in [0.5, 0.6) is 5.88 Å². The van der Waals surface area contributed by atoms with Crippen molar-refractivity contribution in [3.8, 4) is 5.88 Å². The minimum Gasteiger partial charge on any atom is -0.476 e. The molecule has 0 fully saturated rings. The first-order valence-electron chi connectivity index (χ1n) is 6.48. The first-order valence-corrected chi connectivity index (χ1v) is 6.48. The highest BCUT2D eigenvalue weighted by Crippen LogP contribution is 2.24. The van der Waals surface area contributed by atoms with E-state index in [4.69, 9.17) is 10.5 Å². The molecule has 8 nitrogen and oxygen atoms in total. The van der Waals surface area contributed by atoms with E-state index in [1.165, 1.54) is 11.2 Å². The Bertz CT molecular complexity index is 438. The predicted molar refractivity (Wildman–Crippen MR) is 77.8 cm³/mol. The molecule has 20 heavy (non-hydrogen) atoms. The summed E-state index contributed by atoms with van der Waals surface area (Å²) in [6.07, 6.45) is 2.27. The zero-order valence-electron chi connectivity index (χ0n) is 12.1. The molecule has 1 aromatic rings. The number of carbonyl (C=O) groups excluding carboxylic acids is 1. The van der Waals surface area contributed by atoms with E-state index in [1.54, 1.807) is 14.1 Å². The highest BCUT2D eigenvalue weighted by Gasteiger charge is 2.08. The van der Waals surface area contributed by atoms with Gasteiger partial charge in [0, 0.05) is 27.2 Å². The summed E-state index contributed by atoms with van der Waals surface area (Å²) in [4.78, 5) is 20.8. The van der Waals surface area contributed by atoms with Gasteiger partial charge in [0.05, 0.1) is 6.61 Å². The number of hydrogen-bond acceptors (Lipinski definition) is 6. The number of nitrogens with one attached hydrogen (secondary N) is 2. The molecular weight excluding hydrogens is 260 g/mol. The highest BCUT2D eigenvalue weighted by atomic mass is 16.5. The summed E-state index contributed by atoms with van der Waals surface area (Å²) in [6.45, 7) is 3.53. The van der Waals surface area contributed by atoms with Crippen molar-refractivity contribution >= 4 is 17.5 Å². The lowest BCUT2D eigenvalue weighted by molar-refractivity contribution is 0.218. The molecule has 2 amide bonds. The van der Waals surface area contributed by atoms with Crippen LogP contribution in [0.3, 0.4) is 0 Å². The first-order chi connectivity index (χ1) is 9.56. The molecule has 0 bridgehead atoms. The number of anilines is 2. The maximum atomic E-state index is 11.3. The van der Waals surface area contributed by atoms with Crippen molar-refractivity contribution in [3.63, 3.8) is 0 Å². The second kappa shape index (κ2) is 8.03. The van der Waals surface area contributed by atoms with Crippen molar-refractivity contribution < 1.29 is 9.53 Å². The molecule has 0 aliphatic carbocycles. The Labute approximate surface area is 118 Å². The van der Waals surface area contributed by atoms with Crippen LogP contribution in [-0.2, 0) is 0 Å². The van der Waals surface area contributed by atoms with Gasteiger partial charge in [-0.05, 0) is 6.42 Å². The van der Waals surface area contributed by atoms with Crippen molar-refractivity contribution in [1.29, 1.82) is 0 Å². The van der Waals surface area contributed by atoms with E-state index in [9.17, 15) is 4.79 Å². The molecule has 1 heterocycles. The number of hydrogen-bond donors (Lipinski definition) is 3. The second-order valence-corrected chi connectivity index (χ2v) is 4.34. The smallest absolute Gasteiger partial charge is 0.316 e. The van der Waals surface area contributed by atoms with Gasteiger partial charge in [0.25, 0.3) is 0 Å². The summed E-state index contributed by atoms with van der Waals surface area (Å²) in [7, 11) is 3.37. The Balaban J connectivity index is 2.46. The molecule has 0 aliphatic rings. The van der Waals surface area contributed by atoms with E-state index >= 15 is 0 Å². The SMILES string of the molecule is CCCOc1ncnc(NCCNC(=O)N(C)C)c1N. The van der Waals surface area contributed by atoms with Gasteiger partial charge in [0.2, 0.25) is 5.88 Å². The summed E-state index contributed by atoms with van der Waals surface area (Å²) >= 11 is 0. The predicted octanol–water partition coefficient (Wildman–Crippen LogP) is 0.531. The topological polar surface area (TPSA) is 105 Å². The van der Waals surface area contributed by atoms with Crippen LogP contribution in [-0.4, -0.2) is 54.7 Å². The lowest BCUT2D eigenvalue weighted by Gasteiger charge is -2.13. The van der Waals surface area contributed by atoms with Gasteiger partial charge in [-0.1, -0.05) is 6.92 Å². The van der Waals surface area contributed by atoms with E-state index in [2.05, 4.69) is 20.6 Å². The molecule has 0 aromatic carbocycles. The Morgan fingerprint density at radius 2 is 2.15 bits per heavy atom. The third-order valence-electron chi connectivity index (χ3n) is 2.39. The van der Waals surface area contributed by atoms with Gasteiger partial charge in [-0.25, -0.2) is 9.78 Å². The molecule has 0 saturated carbocycles. The molecule has 0 saturated heterocycles. The highest BCUT2D eigenvalue weighted by molar-refractivity contribution is 5.73. The van der Waals surface area contributed by atoms with Gasteiger partial charge in [0.1, 0.15) is 12.0 Å². The third-order valence-corrected chi connectivity index (χ3v) is 2.39. The molecule has 0 spiro atoms. The molecule has 0 aliphatic heterocycles. The minimum atomic E-state index is -0.144. The van der Waals surface area contributed by atoms with Crippen LogP contribution in [0.4, 0.5) is 16.3 Å². The van der Waals surface area contributed by atoms with E-state index in [-0.39, 0.29) is 6.03 Å². The van der Waals surface area contributed by atoms with Crippen molar-refractivity contribution in [1.82, 2.24) is 20.2 Å². The zero-order chi connectivity index (χ0) is 15.0. The largest absolute Gasteiger partial charge is 0.476 e. The number of ether oxygens (including phenoxy) is 1. The van der Waals surface area contributed by atoms with Crippen LogP contribution >= 0.6 is 0 Å². The van der Waals surface area contributed by atoms with Crippen molar-refractivity contribution in [2.45, 2.75) is 13.3 Å². The summed E-state index contributed by atoms with van der Waals surface area (Å²) in [6, 6.07) is -0.144. The quantitative estimate of drug-likeness (QED) is 0.630. The third kappa shape index (κ3) is 4.79. The van der Waals surface area contributed by atoms with Gasteiger partial charge >= 0.3 is 6.03 Å². The summed E-state index contributed by atoms with van der Waals surface area (Å²) in [5.74, 6) is 0.881. The second-order valence-electron chi connectivity index (χ2n) is 4.34. The van der Waals surface area contributed by atoms with E-state index in [0.717, 1.165) is 6.42 Å². The van der Waals surface area contributed by atoms with Crippen molar-refractivity contribution in [2.24, 2.45) is 0 Å². The number of rotatable bonds is 7. The fraction of sp³-hybridized carbons (Fsp3) is 0.583. The van der Waals surface area contributed by atoms with Crippen LogP contribution in [0, 0.1) is 0 Å². The summed E-state index contributed by atoms with van der Waals surface area (Å²) in [5.41, 5.74) is 6.28. The van der Waals surface area contributed by atoms with Crippen LogP contribution in [0.1, 0.15) is 13.3 Å². The Hall–Kier alpha value is -2.25. The van der Waals surface area contributed by atoms with Crippen LogP contribution in [0.2, 0.25) is 0 Å². The van der Waals surface area contributed by atoms with Crippen LogP contribution < -0.4 is 21.1 Å². The number of nitrogens with zero attached hydrogens (tertiary/aromatic N) is 3. The monoisotopic (exact) mass is 282 g/mol. The molecule has 8 heteroatoms. The first kappa shape index (κ1) is 15.8. The fourth-order valence-electron chi connectivity index (χ4n) is 1.34. The van der Waals surface area contributed by atoms with E-state index in [1.807, 2.05) is 6.92 Å². The number of nitrogens with two attached hydrogens (primary N) is 1. The van der Waals surface area contributed by atoms with E-state index in [0.29, 0.717) is 37.1 Å². The summed E-state index contributed by atoms with van der Waals surface area (Å²) in [5, 5.41) is 5.76. The maximum Gasteiger partial charge on any atom is 0.316 e. The Kier molecular flexibility index (Phi) is 6.34. The molecule has 1 aromatic heterocycles. The average Bonchev–Trinajstić information content (AvgIpc) is 2.43. The minimum absolute atomic E-state index is 0.144. The molecule has 1 rings (SSSR count). The molecular formula is C12H22N6O2. The van der Waals surface area contributed by atoms with Gasteiger partial charge in [-0.15, -0.1) is 0 Å². The maximum absolute atomic E-state index is 11.3. The Morgan fingerprint density at radius 1 is 1.40 bits per heavy atom. The summed E-state index contributed by atoms with van der Waals surface area (Å²) < 4.78 is 5.41. The normalized spacial score (nSPS) is 9.95. The number of urea groups is 1. The molecule has 112 valence electrons. The average molecular weight is 282 g/mol. The number of nitrogen functional groups attached to an aromatic ring is 1. The van der Waals surface area contributed by atoms with Gasteiger partial charge in [-0.3, -0.25) is 0 Å². The molecule has 0 unspecified atom stereocenters.